The van der Waals surface area contributed by atoms with Crippen LogP contribution >= 0.6 is 0 Å². The second-order valence-corrected chi connectivity index (χ2v) is 8.78. The third-order valence-corrected chi connectivity index (χ3v) is 6.36. The molecule has 2 atom stereocenters. The van der Waals surface area contributed by atoms with Crippen molar-refractivity contribution in [2.75, 3.05) is 13.2 Å². The number of nitrogens with one attached hydrogen (secondary N) is 1. The molecule has 0 radical (unpaired) electrons. The monoisotopic (exact) mass is 489 g/mol. The standard InChI is InChI=1S/C28H29N3O4.H2O/c29-27(30)22-8-6-20(7-9-22)21-10-12-25(13-11-21)35-18-24-16-23(17-26(32)33)28(34)31(24)15-14-19-4-2-1-3-5-19;/h1-13,23-24H,14-18H2,(H3,29,30)(H,32,33);1H2/t23-,24-;/m0./s1. The Morgan fingerprint density at radius 3 is 2.19 bits per heavy atom. The first-order valence-electron chi connectivity index (χ1n) is 11.6. The number of carbonyl (C=O) groups is 2. The van der Waals surface area contributed by atoms with Gasteiger partial charge in [0.25, 0.3) is 0 Å². The van der Waals surface area contributed by atoms with Crippen LogP contribution in [0.3, 0.4) is 0 Å². The molecule has 0 bridgehead atoms. The Labute approximate surface area is 210 Å². The summed E-state index contributed by atoms with van der Waals surface area (Å²) in [6.07, 6.45) is 1.02. The zero-order chi connectivity index (χ0) is 24.8. The molecule has 1 saturated heterocycles. The lowest BCUT2D eigenvalue weighted by Gasteiger charge is -2.25. The van der Waals surface area contributed by atoms with Gasteiger partial charge >= 0.3 is 5.97 Å². The van der Waals surface area contributed by atoms with E-state index >= 15 is 0 Å². The van der Waals surface area contributed by atoms with Gasteiger partial charge in [-0.3, -0.25) is 15.0 Å². The van der Waals surface area contributed by atoms with Gasteiger partial charge in [-0.15, -0.1) is 0 Å². The Kier molecular flexibility index (Phi) is 8.81. The molecule has 6 N–H and O–H groups in total. The number of ether oxygens (including phenoxy) is 1. The lowest BCUT2D eigenvalue weighted by Crippen LogP contribution is -2.39. The summed E-state index contributed by atoms with van der Waals surface area (Å²) < 4.78 is 6.03. The number of carboxylic acid groups (broad SMARTS) is 1. The van der Waals surface area contributed by atoms with Crippen molar-refractivity contribution in [1.29, 1.82) is 5.41 Å². The molecule has 4 rings (SSSR count). The smallest absolute Gasteiger partial charge is 0.304 e. The fraction of sp³-hybridized carbons (Fsp3) is 0.250. The third kappa shape index (κ3) is 6.49. The molecule has 1 heterocycles. The molecule has 1 aliphatic heterocycles. The normalized spacial score (nSPS) is 16.9. The number of carboxylic acids is 1. The van der Waals surface area contributed by atoms with E-state index in [2.05, 4.69) is 0 Å². The Morgan fingerprint density at radius 2 is 1.61 bits per heavy atom. The molecular formula is C28H31N3O5. The van der Waals surface area contributed by atoms with Gasteiger partial charge in [-0.25, -0.2) is 0 Å². The number of amidine groups is 1. The van der Waals surface area contributed by atoms with E-state index in [1.54, 1.807) is 4.90 Å². The highest BCUT2D eigenvalue weighted by atomic mass is 16.5. The summed E-state index contributed by atoms with van der Waals surface area (Å²) in [5, 5.41) is 16.7. The second kappa shape index (κ2) is 12.0. The van der Waals surface area contributed by atoms with Gasteiger partial charge < -0.3 is 26.0 Å². The maximum absolute atomic E-state index is 12.9. The number of carbonyl (C=O) groups excluding carboxylic acids is 1. The first-order valence-corrected chi connectivity index (χ1v) is 11.6. The molecule has 8 heteroatoms. The molecule has 0 unspecified atom stereocenters. The summed E-state index contributed by atoms with van der Waals surface area (Å²) >= 11 is 0. The lowest BCUT2D eigenvalue weighted by atomic mass is 10.0. The number of hydrogen-bond acceptors (Lipinski definition) is 4. The van der Waals surface area contributed by atoms with Gasteiger partial charge in [0.05, 0.1) is 18.4 Å². The molecule has 0 spiro atoms. The van der Waals surface area contributed by atoms with E-state index in [1.165, 1.54) is 0 Å². The van der Waals surface area contributed by atoms with Crippen LogP contribution in [0.25, 0.3) is 11.1 Å². The topological polar surface area (TPSA) is 148 Å². The minimum atomic E-state index is -0.958. The van der Waals surface area contributed by atoms with E-state index in [9.17, 15) is 14.7 Å². The van der Waals surface area contributed by atoms with Gasteiger partial charge in [-0.1, -0.05) is 66.7 Å². The summed E-state index contributed by atoms with van der Waals surface area (Å²) in [7, 11) is 0. The van der Waals surface area contributed by atoms with Crippen LogP contribution in [0.15, 0.2) is 78.9 Å². The molecule has 1 aliphatic rings. The Balaban J connectivity index is 0.00000361. The maximum atomic E-state index is 12.9. The van der Waals surface area contributed by atoms with E-state index in [4.69, 9.17) is 15.9 Å². The van der Waals surface area contributed by atoms with Gasteiger partial charge in [0.1, 0.15) is 18.2 Å². The number of aliphatic carboxylic acids is 1. The van der Waals surface area contributed by atoms with Crippen molar-refractivity contribution in [2.45, 2.75) is 25.3 Å². The van der Waals surface area contributed by atoms with E-state index in [0.717, 1.165) is 16.7 Å². The fourth-order valence-electron chi connectivity index (χ4n) is 4.48. The highest BCUT2D eigenvalue weighted by Gasteiger charge is 2.40. The minimum absolute atomic E-state index is 0. The van der Waals surface area contributed by atoms with E-state index in [1.807, 2.05) is 78.9 Å². The van der Waals surface area contributed by atoms with Crippen molar-refractivity contribution in [3.63, 3.8) is 0 Å². The van der Waals surface area contributed by atoms with Gasteiger partial charge in [0, 0.05) is 12.1 Å². The number of nitrogens with zero attached hydrogens (tertiary/aromatic N) is 1. The third-order valence-electron chi connectivity index (χ3n) is 6.36. The average Bonchev–Trinajstić information content (AvgIpc) is 3.15. The number of hydrogen-bond donors (Lipinski definition) is 3. The number of likely N-dealkylation sites (tertiary alicyclic amines) is 1. The lowest BCUT2D eigenvalue weighted by molar-refractivity contribution is -0.142. The highest BCUT2D eigenvalue weighted by molar-refractivity contribution is 5.95. The number of nitrogen functional groups attached to an aromatic ring is 1. The van der Waals surface area contributed by atoms with Crippen molar-refractivity contribution < 1.29 is 24.9 Å². The summed E-state index contributed by atoms with van der Waals surface area (Å²) in [5.41, 5.74) is 9.35. The van der Waals surface area contributed by atoms with E-state index in [0.29, 0.717) is 37.3 Å². The van der Waals surface area contributed by atoms with Crippen molar-refractivity contribution in [3.8, 4) is 16.9 Å². The van der Waals surface area contributed by atoms with Gasteiger partial charge in [-0.05, 0) is 41.7 Å². The van der Waals surface area contributed by atoms with Crippen molar-refractivity contribution in [2.24, 2.45) is 11.7 Å². The van der Waals surface area contributed by atoms with Crippen molar-refractivity contribution in [1.82, 2.24) is 4.90 Å². The number of nitrogens with two attached hydrogens (primary N) is 1. The summed E-state index contributed by atoms with van der Waals surface area (Å²) in [5.74, 6) is -0.862. The van der Waals surface area contributed by atoms with Crippen LogP contribution in [0.2, 0.25) is 0 Å². The van der Waals surface area contributed by atoms with Gasteiger partial charge in [-0.2, -0.15) is 0 Å². The van der Waals surface area contributed by atoms with Crippen LogP contribution in [0.4, 0.5) is 0 Å². The van der Waals surface area contributed by atoms with E-state index in [-0.39, 0.29) is 29.7 Å². The number of rotatable bonds is 10. The van der Waals surface area contributed by atoms with Crippen LogP contribution < -0.4 is 10.5 Å². The van der Waals surface area contributed by atoms with Gasteiger partial charge in [0.15, 0.2) is 0 Å². The SMILES string of the molecule is N=C(N)c1ccc(-c2ccc(OC[C@@H]3C[C@@H](CC(=O)O)C(=O)N3CCc3ccccc3)cc2)cc1.O. The molecule has 3 aromatic rings. The van der Waals surface area contributed by atoms with Crippen LogP contribution in [-0.4, -0.2) is 52.4 Å². The van der Waals surface area contributed by atoms with Gasteiger partial charge in [0.2, 0.25) is 5.91 Å². The molecule has 0 saturated carbocycles. The molecule has 188 valence electrons. The zero-order valence-corrected chi connectivity index (χ0v) is 19.9. The predicted octanol–water partition coefficient (Wildman–Crippen LogP) is 3.13. The fourth-order valence-corrected chi connectivity index (χ4v) is 4.48. The zero-order valence-electron chi connectivity index (χ0n) is 19.9. The minimum Gasteiger partial charge on any atom is -0.491 e. The predicted molar refractivity (Wildman–Crippen MR) is 138 cm³/mol. The quantitative estimate of drug-likeness (QED) is 0.296. The Hall–Kier alpha value is -4.17. The molecule has 0 aliphatic carbocycles. The molecule has 36 heavy (non-hydrogen) atoms. The first kappa shape index (κ1) is 26.4. The first-order chi connectivity index (χ1) is 16.9. The van der Waals surface area contributed by atoms with Crippen molar-refractivity contribution in [3.05, 3.63) is 90.0 Å². The summed E-state index contributed by atoms with van der Waals surface area (Å²) in [6, 6.07) is 24.9. The van der Waals surface area contributed by atoms with Crippen LogP contribution in [0, 0.1) is 11.3 Å². The average molecular weight is 490 g/mol. The van der Waals surface area contributed by atoms with Crippen molar-refractivity contribution >= 4 is 17.7 Å². The maximum Gasteiger partial charge on any atom is 0.304 e. The van der Waals surface area contributed by atoms with Crippen LogP contribution in [0.5, 0.6) is 5.75 Å². The highest BCUT2D eigenvalue weighted by Crippen LogP contribution is 2.29. The molecule has 3 aromatic carbocycles. The molecule has 8 nitrogen and oxygen atoms in total. The van der Waals surface area contributed by atoms with Crippen LogP contribution in [0.1, 0.15) is 24.0 Å². The molecule has 1 amide bonds. The van der Waals surface area contributed by atoms with E-state index < -0.39 is 11.9 Å². The largest absolute Gasteiger partial charge is 0.491 e. The Bertz CT molecular complexity index is 1180. The van der Waals surface area contributed by atoms with Crippen LogP contribution in [-0.2, 0) is 16.0 Å². The number of amides is 1. The molecular weight excluding hydrogens is 458 g/mol. The Morgan fingerprint density at radius 1 is 1.00 bits per heavy atom. The molecule has 1 fully saturated rings. The second-order valence-electron chi connectivity index (χ2n) is 8.78. The summed E-state index contributed by atoms with van der Waals surface area (Å²) in [4.78, 5) is 26.0. The molecule has 0 aromatic heterocycles. The number of benzene rings is 3. The summed E-state index contributed by atoms with van der Waals surface area (Å²) in [6.45, 7) is 0.839.